The molecule has 0 unspecified atom stereocenters. The molecule has 1 aromatic heterocycles. The molecule has 1 aliphatic carbocycles. The van der Waals surface area contributed by atoms with Crippen molar-refractivity contribution >= 4 is 27.9 Å². The summed E-state index contributed by atoms with van der Waals surface area (Å²) in [6.07, 6.45) is 4.68. The number of nitriles is 1. The normalized spacial score (nSPS) is 16.1. The molecule has 0 atom stereocenters. The first-order valence-electron chi connectivity index (χ1n) is 11.1. The minimum atomic E-state index is -0.0246. The molecule has 0 radical (unpaired) electrons. The average molecular weight is 439 g/mol. The fourth-order valence-electron chi connectivity index (χ4n) is 4.38. The number of aryl methyl sites for hydroxylation is 1. The van der Waals surface area contributed by atoms with Crippen LogP contribution in [0.4, 0.5) is 10.7 Å². The van der Waals surface area contributed by atoms with Gasteiger partial charge in [0.1, 0.15) is 11.1 Å². The van der Waals surface area contributed by atoms with E-state index in [9.17, 15) is 10.1 Å². The predicted octanol–water partition coefficient (Wildman–Crippen LogP) is 3.80. The molecule has 7 heteroatoms. The molecule has 2 aliphatic rings. The van der Waals surface area contributed by atoms with Gasteiger partial charge in [0.15, 0.2) is 0 Å². The summed E-state index contributed by atoms with van der Waals surface area (Å²) < 4.78 is 5.48. The summed E-state index contributed by atoms with van der Waals surface area (Å²) in [6, 6.07) is 10.8. The van der Waals surface area contributed by atoms with Gasteiger partial charge in [-0.25, -0.2) is 0 Å². The Morgan fingerprint density at radius 2 is 2.03 bits per heavy atom. The van der Waals surface area contributed by atoms with E-state index in [1.807, 2.05) is 7.05 Å². The van der Waals surface area contributed by atoms with Gasteiger partial charge in [0.2, 0.25) is 5.91 Å². The molecule has 4 rings (SSSR count). The summed E-state index contributed by atoms with van der Waals surface area (Å²) in [6.45, 7) is 4.81. The van der Waals surface area contributed by atoms with Crippen LogP contribution in [0.1, 0.15) is 40.8 Å². The van der Waals surface area contributed by atoms with Crippen LogP contribution >= 0.6 is 11.3 Å². The molecule has 164 valence electrons. The van der Waals surface area contributed by atoms with Gasteiger partial charge in [-0.2, -0.15) is 5.26 Å². The Morgan fingerprint density at radius 1 is 1.26 bits per heavy atom. The van der Waals surface area contributed by atoms with Crippen molar-refractivity contribution in [3.05, 3.63) is 45.8 Å². The largest absolute Gasteiger partial charge is 0.378 e. The van der Waals surface area contributed by atoms with Gasteiger partial charge in [-0.15, -0.1) is 11.3 Å². The van der Waals surface area contributed by atoms with Gasteiger partial charge in [-0.05, 0) is 49.9 Å². The topological polar surface area (TPSA) is 68.6 Å². The van der Waals surface area contributed by atoms with E-state index in [0.717, 1.165) is 62.7 Å². The molecule has 0 spiro atoms. The third-order valence-corrected chi connectivity index (χ3v) is 7.25. The van der Waals surface area contributed by atoms with Gasteiger partial charge in [0.25, 0.3) is 0 Å². The lowest BCUT2D eigenvalue weighted by atomic mass is 9.96. The van der Waals surface area contributed by atoms with E-state index in [1.54, 1.807) is 11.3 Å². The van der Waals surface area contributed by atoms with Gasteiger partial charge < -0.3 is 19.9 Å². The van der Waals surface area contributed by atoms with Crippen LogP contribution in [0.25, 0.3) is 0 Å². The number of nitrogens with zero attached hydrogens (tertiary/aromatic N) is 3. The van der Waals surface area contributed by atoms with Crippen molar-refractivity contribution in [1.29, 1.82) is 5.26 Å². The molecular weight excluding hydrogens is 408 g/mol. The number of ether oxygens (including phenoxy) is 1. The summed E-state index contributed by atoms with van der Waals surface area (Å²) in [5.41, 5.74) is 4.36. The maximum absolute atomic E-state index is 12.6. The van der Waals surface area contributed by atoms with Gasteiger partial charge >= 0.3 is 0 Å². The molecule has 1 aromatic carbocycles. The molecule has 1 fully saturated rings. The van der Waals surface area contributed by atoms with Gasteiger partial charge in [-0.1, -0.05) is 18.2 Å². The Labute approximate surface area is 188 Å². The zero-order valence-electron chi connectivity index (χ0n) is 18.2. The van der Waals surface area contributed by atoms with Crippen molar-refractivity contribution < 1.29 is 9.53 Å². The lowest BCUT2D eigenvalue weighted by Crippen LogP contribution is -2.37. The molecule has 2 heterocycles. The van der Waals surface area contributed by atoms with Crippen molar-refractivity contribution in [2.75, 3.05) is 50.1 Å². The third kappa shape index (κ3) is 5.27. The Morgan fingerprint density at radius 3 is 2.84 bits per heavy atom. The summed E-state index contributed by atoms with van der Waals surface area (Å²) in [7, 11) is 2.05. The number of benzene rings is 1. The lowest BCUT2D eigenvalue weighted by Gasteiger charge is -2.31. The minimum Gasteiger partial charge on any atom is -0.378 e. The van der Waals surface area contributed by atoms with Crippen LogP contribution in [0.3, 0.4) is 0 Å². The first-order valence-corrected chi connectivity index (χ1v) is 11.9. The summed E-state index contributed by atoms with van der Waals surface area (Å²) in [5, 5.41) is 13.3. The monoisotopic (exact) mass is 438 g/mol. The standard InChI is InChI=1S/C24H30N4O2S/c1-27(17-18-6-2-4-8-21(18)28-12-14-30-15-13-28)11-10-23(29)26-24-20(16-25)19-7-3-5-9-22(19)31-24/h2,4,6,8H,3,5,7,9-15,17H2,1H3,(H,26,29). The van der Waals surface area contributed by atoms with Crippen LogP contribution in [0.5, 0.6) is 0 Å². The SMILES string of the molecule is CN(CCC(=O)Nc1sc2c(c1C#N)CCCC2)Cc1ccccc1N1CCOCC1. The number of carbonyl (C=O) groups is 1. The molecular formula is C24H30N4O2S. The Kier molecular flexibility index (Phi) is 7.23. The average Bonchev–Trinajstić information content (AvgIpc) is 3.15. The van der Waals surface area contributed by atoms with Gasteiger partial charge in [0, 0.05) is 43.2 Å². The molecule has 1 saturated heterocycles. The summed E-state index contributed by atoms with van der Waals surface area (Å²) in [5.74, 6) is -0.0246. The molecule has 0 saturated carbocycles. The van der Waals surface area contributed by atoms with E-state index in [4.69, 9.17) is 4.74 Å². The smallest absolute Gasteiger partial charge is 0.226 e. The highest BCUT2D eigenvalue weighted by molar-refractivity contribution is 7.16. The zero-order valence-corrected chi connectivity index (χ0v) is 19.0. The molecule has 31 heavy (non-hydrogen) atoms. The number of fused-ring (bicyclic) bond motifs is 1. The second-order valence-electron chi connectivity index (χ2n) is 8.29. The Bertz CT molecular complexity index is 959. The second-order valence-corrected chi connectivity index (χ2v) is 9.40. The van der Waals surface area contributed by atoms with E-state index >= 15 is 0 Å². The highest BCUT2D eigenvalue weighted by Crippen LogP contribution is 2.37. The predicted molar refractivity (Wildman–Crippen MR) is 125 cm³/mol. The van der Waals surface area contributed by atoms with Crippen molar-refractivity contribution in [2.45, 2.75) is 38.6 Å². The molecule has 0 bridgehead atoms. The number of anilines is 2. The van der Waals surface area contributed by atoms with Crippen LogP contribution in [-0.2, 0) is 28.9 Å². The van der Waals surface area contributed by atoms with E-state index in [1.165, 1.54) is 22.5 Å². The number of thiophene rings is 1. The molecule has 2 aromatic rings. The Balaban J connectivity index is 1.33. The Hall–Kier alpha value is -2.40. The maximum Gasteiger partial charge on any atom is 0.226 e. The van der Waals surface area contributed by atoms with Crippen molar-refractivity contribution in [3.8, 4) is 6.07 Å². The second kappa shape index (κ2) is 10.3. The number of para-hydroxylation sites is 1. The van der Waals surface area contributed by atoms with E-state index in [0.29, 0.717) is 18.5 Å². The quantitative estimate of drug-likeness (QED) is 0.712. The van der Waals surface area contributed by atoms with Crippen LogP contribution in [0, 0.1) is 11.3 Å². The maximum atomic E-state index is 12.6. The lowest BCUT2D eigenvalue weighted by molar-refractivity contribution is -0.116. The van der Waals surface area contributed by atoms with Crippen LogP contribution in [-0.4, -0.2) is 50.7 Å². The number of amides is 1. The molecule has 6 nitrogen and oxygen atoms in total. The van der Waals surface area contributed by atoms with Crippen LogP contribution < -0.4 is 10.2 Å². The van der Waals surface area contributed by atoms with Crippen molar-refractivity contribution in [3.63, 3.8) is 0 Å². The highest BCUT2D eigenvalue weighted by Gasteiger charge is 2.22. The molecule has 1 N–H and O–H groups in total. The fraction of sp³-hybridized carbons (Fsp3) is 0.500. The van der Waals surface area contributed by atoms with E-state index in [2.05, 4.69) is 45.5 Å². The number of rotatable bonds is 7. The zero-order chi connectivity index (χ0) is 21.6. The molecule has 1 aliphatic heterocycles. The minimum absolute atomic E-state index is 0.0246. The number of nitrogens with one attached hydrogen (secondary N) is 1. The third-order valence-electron chi connectivity index (χ3n) is 6.04. The van der Waals surface area contributed by atoms with Gasteiger partial charge in [0.05, 0.1) is 18.8 Å². The van der Waals surface area contributed by atoms with E-state index < -0.39 is 0 Å². The van der Waals surface area contributed by atoms with E-state index in [-0.39, 0.29) is 5.91 Å². The fourth-order valence-corrected chi connectivity index (χ4v) is 5.64. The van der Waals surface area contributed by atoms with Crippen LogP contribution in [0.2, 0.25) is 0 Å². The number of carbonyl (C=O) groups excluding carboxylic acids is 1. The summed E-state index contributed by atoms with van der Waals surface area (Å²) in [4.78, 5) is 18.4. The highest BCUT2D eigenvalue weighted by atomic mass is 32.1. The first kappa shape index (κ1) is 21.8. The number of hydrogen-bond donors (Lipinski definition) is 1. The molecule has 1 amide bonds. The van der Waals surface area contributed by atoms with Crippen molar-refractivity contribution in [2.24, 2.45) is 0 Å². The number of hydrogen-bond acceptors (Lipinski definition) is 6. The number of morpholine rings is 1. The first-order chi connectivity index (χ1) is 15.2. The van der Waals surface area contributed by atoms with Crippen molar-refractivity contribution in [1.82, 2.24) is 4.90 Å². The summed E-state index contributed by atoms with van der Waals surface area (Å²) >= 11 is 1.59. The van der Waals surface area contributed by atoms with Gasteiger partial charge in [-0.3, -0.25) is 4.79 Å². The van der Waals surface area contributed by atoms with Crippen LogP contribution in [0.15, 0.2) is 24.3 Å².